The van der Waals surface area contributed by atoms with E-state index in [0.29, 0.717) is 0 Å². The minimum atomic E-state index is -0.922. The number of rotatable bonds is 6. The fraction of sp³-hybridized carbons (Fsp3) is 0. The maximum Gasteiger partial charge on any atom is 0.328 e. The molecule has 3 aromatic rings. The van der Waals surface area contributed by atoms with Crippen LogP contribution in [-0.4, -0.2) is 33.2 Å². The Kier molecular flexibility index (Phi) is 16.9. The standard InChI is InChI=1S/3C9H8O2.Y/c3*10-9(11)7-6-8-4-2-1-3-5-8;/h3*1-7H,(H,10,11);. The first-order chi connectivity index (χ1) is 15.9. The van der Waals surface area contributed by atoms with Crippen molar-refractivity contribution in [1.82, 2.24) is 0 Å². The fourth-order valence-corrected chi connectivity index (χ4v) is 2.19. The number of carbonyl (C=O) groups is 3. The molecule has 3 N–H and O–H groups in total. The van der Waals surface area contributed by atoms with Crippen molar-refractivity contribution < 1.29 is 62.4 Å². The third-order valence-electron chi connectivity index (χ3n) is 3.65. The van der Waals surface area contributed by atoms with Gasteiger partial charge in [0.1, 0.15) is 0 Å². The molecule has 0 fully saturated rings. The molecule has 3 aromatic carbocycles. The van der Waals surface area contributed by atoms with Crippen molar-refractivity contribution in [2.75, 3.05) is 0 Å². The molecule has 34 heavy (non-hydrogen) atoms. The van der Waals surface area contributed by atoms with Gasteiger partial charge in [0.05, 0.1) is 0 Å². The summed E-state index contributed by atoms with van der Waals surface area (Å²) in [4.78, 5) is 30.3. The van der Waals surface area contributed by atoms with Gasteiger partial charge in [-0.3, -0.25) is 0 Å². The van der Waals surface area contributed by atoms with E-state index in [9.17, 15) is 14.4 Å². The van der Waals surface area contributed by atoms with Gasteiger partial charge in [-0.25, -0.2) is 14.4 Å². The predicted molar refractivity (Wildman–Crippen MR) is 129 cm³/mol. The van der Waals surface area contributed by atoms with Gasteiger partial charge in [-0.15, -0.1) is 0 Å². The number of aliphatic carboxylic acids is 3. The van der Waals surface area contributed by atoms with Gasteiger partial charge < -0.3 is 15.3 Å². The SMILES string of the molecule is O=C(O)C=Cc1ccccc1.O=C(O)C=Cc1ccccc1.O=C(O)C=Cc1ccccc1.[Y]. The molecular weight excluding hydrogens is 509 g/mol. The monoisotopic (exact) mass is 533 g/mol. The van der Waals surface area contributed by atoms with Crippen molar-refractivity contribution in [3.8, 4) is 0 Å². The molecule has 3 rings (SSSR count). The summed E-state index contributed by atoms with van der Waals surface area (Å²) in [5.74, 6) is -2.77. The van der Waals surface area contributed by atoms with Gasteiger partial charge in [0, 0.05) is 50.9 Å². The van der Waals surface area contributed by atoms with Gasteiger partial charge in [-0.2, -0.15) is 0 Å². The first-order valence-electron chi connectivity index (χ1n) is 9.75. The molecule has 0 aromatic heterocycles. The third kappa shape index (κ3) is 17.0. The number of hydrogen-bond donors (Lipinski definition) is 3. The average molecular weight is 533 g/mol. The van der Waals surface area contributed by atoms with E-state index in [1.165, 1.54) is 0 Å². The van der Waals surface area contributed by atoms with E-state index in [1.54, 1.807) is 18.2 Å². The molecule has 0 amide bonds. The first kappa shape index (κ1) is 30.4. The van der Waals surface area contributed by atoms with Crippen molar-refractivity contribution in [3.05, 3.63) is 126 Å². The molecule has 0 atom stereocenters. The number of carboxylic acid groups (broad SMARTS) is 3. The van der Waals surface area contributed by atoms with E-state index in [0.717, 1.165) is 34.9 Å². The van der Waals surface area contributed by atoms with Crippen LogP contribution in [0.4, 0.5) is 0 Å². The minimum Gasteiger partial charge on any atom is -0.478 e. The van der Waals surface area contributed by atoms with E-state index in [2.05, 4.69) is 0 Å². The molecular formula is C27H24O6Y. The second kappa shape index (κ2) is 18.9. The first-order valence-corrected chi connectivity index (χ1v) is 9.75. The summed E-state index contributed by atoms with van der Waals surface area (Å²) in [7, 11) is 0. The molecule has 0 bridgehead atoms. The Morgan fingerprint density at radius 3 is 0.824 bits per heavy atom. The second-order valence-corrected chi connectivity index (χ2v) is 6.25. The fourth-order valence-electron chi connectivity index (χ4n) is 2.19. The maximum absolute atomic E-state index is 10.1. The van der Waals surface area contributed by atoms with Crippen LogP contribution < -0.4 is 0 Å². The molecule has 6 nitrogen and oxygen atoms in total. The maximum atomic E-state index is 10.1. The van der Waals surface area contributed by atoms with Crippen LogP contribution in [0, 0.1) is 0 Å². The summed E-state index contributed by atoms with van der Waals surface area (Å²) in [5.41, 5.74) is 2.69. The summed E-state index contributed by atoms with van der Waals surface area (Å²) in [5, 5.41) is 24.9. The molecule has 0 unspecified atom stereocenters. The van der Waals surface area contributed by atoms with Gasteiger partial charge in [0.25, 0.3) is 0 Å². The van der Waals surface area contributed by atoms with Crippen LogP contribution in [0.3, 0.4) is 0 Å². The molecule has 0 heterocycles. The molecule has 0 spiro atoms. The van der Waals surface area contributed by atoms with Crippen LogP contribution in [0.1, 0.15) is 16.7 Å². The molecule has 171 valence electrons. The van der Waals surface area contributed by atoms with Gasteiger partial charge in [0.2, 0.25) is 0 Å². The Hall–Kier alpha value is -3.61. The molecule has 1 radical (unpaired) electrons. The Morgan fingerprint density at radius 1 is 0.441 bits per heavy atom. The van der Waals surface area contributed by atoms with Crippen LogP contribution in [-0.2, 0) is 47.1 Å². The van der Waals surface area contributed by atoms with Crippen LogP contribution in [0.2, 0.25) is 0 Å². The molecule has 0 saturated carbocycles. The average Bonchev–Trinajstić information content (AvgIpc) is 2.83. The Balaban J connectivity index is 0.000000473. The van der Waals surface area contributed by atoms with E-state index < -0.39 is 17.9 Å². The quantitative estimate of drug-likeness (QED) is 0.369. The molecule has 0 aliphatic rings. The van der Waals surface area contributed by atoms with Crippen molar-refractivity contribution in [1.29, 1.82) is 0 Å². The van der Waals surface area contributed by atoms with E-state index >= 15 is 0 Å². The Labute approximate surface area is 223 Å². The molecule has 0 saturated heterocycles. The Bertz CT molecular complexity index is 934. The summed E-state index contributed by atoms with van der Waals surface area (Å²) >= 11 is 0. The normalized spacial score (nSPS) is 9.88. The zero-order valence-corrected chi connectivity index (χ0v) is 21.1. The molecule has 7 heteroatoms. The van der Waals surface area contributed by atoms with E-state index in [-0.39, 0.29) is 32.7 Å². The van der Waals surface area contributed by atoms with Gasteiger partial charge in [-0.1, -0.05) is 91.0 Å². The zero-order chi connectivity index (χ0) is 24.3. The van der Waals surface area contributed by atoms with E-state index in [4.69, 9.17) is 15.3 Å². The van der Waals surface area contributed by atoms with Crippen molar-refractivity contribution in [3.63, 3.8) is 0 Å². The van der Waals surface area contributed by atoms with Gasteiger partial charge >= 0.3 is 17.9 Å². The van der Waals surface area contributed by atoms with Crippen LogP contribution in [0.15, 0.2) is 109 Å². The number of benzene rings is 3. The Morgan fingerprint density at radius 2 is 0.647 bits per heavy atom. The minimum absolute atomic E-state index is 0. The second-order valence-electron chi connectivity index (χ2n) is 6.25. The van der Waals surface area contributed by atoms with Gasteiger partial charge in [-0.05, 0) is 34.9 Å². The number of hydrogen-bond acceptors (Lipinski definition) is 3. The third-order valence-corrected chi connectivity index (χ3v) is 3.65. The van der Waals surface area contributed by atoms with Gasteiger partial charge in [0.15, 0.2) is 0 Å². The predicted octanol–water partition coefficient (Wildman–Crippen LogP) is 5.35. The largest absolute Gasteiger partial charge is 0.478 e. The summed E-state index contributed by atoms with van der Waals surface area (Å²) in [6.45, 7) is 0. The molecule has 0 aliphatic heterocycles. The summed E-state index contributed by atoms with van der Waals surface area (Å²) < 4.78 is 0. The topological polar surface area (TPSA) is 112 Å². The smallest absolute Gasteiger partial charge is 0.328 e. The van der Waals surface area contributed by atoms with Crippen LogP contribution in [0.25, 0.3) is 18.2 Å². The molecule has 0 aliphatic carbocycles. The summed E-state index contributed by atoms with van der Waals surface area (Å²) in [6, 6.07) is 27.9. The number of carboxylic acids is 3. The van der Waals surface area contributed by atoms with Crippen LogP contribution in [0.5, 0.6) is 0 Å². The van der Waals surface area contributed by atoms with Crippen molar-refractivity contribution >= 4 is 36.1 Å². The van der Waals surface area contributed by atoms with Crippen LogP contribution >= 0.6 is 0 Å². The van der Waals surface area contributed by atoms with E-state index in [1.807, 2.05) is 91.0 Å². The van der Waals surface area contributed by atoms with Crippen molar-refractivity contribution in [2.24, 2.45) is 0 Å². The zero-order valence-electron chi connectivity index (χ0n) is 18.3. The van der Waals surface area contributed by atoms with Crippen molar-refractivity contribution in [2.45, 2.75) is 0 Å². The summed E-state index contributed by atoms with van der Waals surface area (Å²) in [6.07, 6.45) is 8.03.